The van der Waals surface area contributed by atoms with Gasteiger partial charge in [-0.15, -0.1) is 0 Å². The predicted octanol–water partition coefficient (Wildman–Crippen LogP) is 3.99. The third-order valence-corrected chi connectivity index (χ3v) is 5.15. The number of amides is 1. The summed E-state index contributed by atoms with van der Waals surface area (Å²) in [5, 5.41) is 0. The Morgan fingerprint density at radius 1 is 0.844 bits per heavy atom. The van der Waals surface area contributed by atoms with Crippen LogP contribution >= 0.6 is 0 Å². The van der Waals surface area contributed by atoms with E-state index in [9.17, 15) is 14.4 Å². The largest absolute Gasteiger partial charge is 0.497 e. The van der Waals surface area contributed by atoms with Crippen molar-refractivity contribution >= 4 is 23.4 Å². The Hall–Kier alpha value is -4.19. The summed E-state index contributed by atoms with van der Waals surface area (Å²) in [6.45, 7) is -0.0804. The zero-order valence-corrected chi connectivity index (χ0v) is 17.4. The van der Waals surface area contributed by atoms with Crippen LogP contribution in [0.3, 0.4) is 0 Å². The first kappa shape index (κ1) is 21.1. The molecule has 0 saturated carbocycles. The van der Waals surface area contributed by atoms with E-state index in [4.69, 9.17) is 9.47 Å². The highest BCUT2D eigenvalue weighted by atomic mass is 16.5. The van der Waals surface area contributed by atoms with Gasteiger partial charge in [-0.05, 0) is 54.1 Å². The van der Waals surface area contributed by atoms with Crippen molar-refractivity contribution in [2.45, 2.75) is 6.10 Å². The molecule has 0 saturated heterocycles. The van der Waals surface area contributed by atoms with Gasteiger partial charge in [0.05, 0.1) is 24.9 Å². The van der Waals surface area contributed by atoms with Crippen molar-refractivity contribution in [2.75, 3.05) is 13.7 Å². The molecule has 1 aliphatic rings. The molecule has 3 aromatic rings. The Kier molecular flexibility index (Phi) is 6.12. The van der Waals surface area contributed by atoms with Crippen LogP contribution in [0.5, 0.6) is 5.75 Å². The summed E-state index contributed by atoms with van der Waals surface area (Å²) in [6, 6.07) is 24.3. The van der Waals surface area contributed by atoms with Crippen molar-refractivity contribution < 1.29 is 23.9 Å². The van der Waals surface area contributed by atoms with Crippen molar-refractivity contribution in [3.8, 4) is 5.75 Å². The number of rotatable bonds is 5. The van der Waals surface area contributed by atoms with Crippen LogP contribution in [0.4, 0.5) is 0 Å². The summed E-state index contributed by atoms with van der Waals surface area (Å²) in [6.07, 6.45) is 0.257. The number of ketones is 1. The molecule has 4 rings (SSSR count). The molecular weight excluding hydrogens is 406 g/mol. The van der Waals surface area contributed by atoms with Gasteiger partial charge in [-0.1, -0.05) is 36.4 Å². The highest BCUT2D eigenvalue weighted by Gasteiger charge is 2.35. The maximum atomic E-state index is 13.3. The highest BCUT2D eigenvalue weighted by molar-refractivity contribution is 6.08. The fourth-order valence-corrected chi connectivity index (χ4v) is 3.46. The van der Waals surface area contributed by atoms with Crippen LogP contribution < -0.4 is 4.74 Å². The lowest BCUT2D eigenvalue weighted by molar-refractivity contribution is -0.123. The molecule has 0 aliphatic carbocycles. The van der Waals surface area contributed by atoms with Crippen molar-refractivity contribution in [1.29, 1.82) is 0 Å². The molecule has 1 aliphatic heterocycles. The fraction of sp³-hybridized carbons (Fsp3) is 0.115. The van der Waals surface area contributed by atoms with Crippen LogP contribution in [0, 0.1) is 0 Å². The number of esters is 1. The summed E-state index contributed by atoms with van der Waals surface area (Å²) in [4.78, 5) is 40.2. The molecule has 160 valence electrons. The molecule has 0 radical (unpaired) electrons. The molecule has 6 nitrogen and oxygen atoms in total. The van der Waals surface area contributed by atoms with Crippen molar-refractivity contribution in [3.63, 3.8) is 0 Å². The Labute approximate surface area is 185 Å². The van der Waals surface area contributed by atoms with E-state index >= 15 is 0 Å². The van der Waals surface area contributed by atoms with E-state index in [2.05, 4.69) is 0 Å². The second-order valence-corrected chi connectivity index (χ2v) is 7.20. The summed E-state index contributed by atoms with van der Waals surface area (Å²) in [7, 11) is 1.56. The van der Waals surface area contributed by atoms with Crippen LogP contribution in [0.1, 0.15) is 26.3 Å². The van der Waals surface area contributed by atoms with Crippen LogP contribution in [0.2, 0.25) is 0 Å². The monoisotopic (exact) mass is 427 g/mol. The lowest BCUT2D eigenvalue weighted by Crippen LogP contribution is -2.45. The topological polar surface area (TPSA) is 72.9 Å². The highest BCUT2D eigenvalue weighted by Crippen LogP contribution is 2.28. The zero-order valence-electron chi connectivity index (χ0n) is 17.4. The average molecular weight is 427 g/mol. The zero-order chi connectivity index (χ0) is 22.5. The van der Waals surface area contributed by atoms with E-state index in [0.29, 0.717) is 28.1 Å². The summed E-state index contributed by atoms with van der Waals surface area (Å²) < 4.78 is 10.7. The molecule has 0 fully saturated rings. The molecule has 1 amide bonds. The molecule has 3 aromatic carbocycles. The first-order valence-corrected chi connectivity index (χ1v) is 10.1. The van der Waals surface area contributed by atoms with Crippen LogP contribution in [0.15, 0.2) is 91.0 Å². The number of methoxy groups -OCH3 is 1. The number of nitrogens with zero attached hydrogens (tertiary/aromatic N) is 1. The third-order valence-electron chi connectivity index (χ3n) is 5.15. The van der Waals surface area contributed by atoms with Gasteiger partial charge in [-0.3, -0.25) is 9.59 Å². The van der Waals surface area contributed by atoms with Gasteiger partial charge >= 0.3 is 5.97 Å². The normalized spacial score (nSPS) is 15.7. The van der Waals surface area contributed by atoms with E-state index in [1.807, 2.05) is 6.07 Å². The number of hydrogen-bond donors (Lipinski definition) is 0. The number of benzene rings is 3. The van der Waals surface area contributed by atoms with Gasteiger partial charge in [0, 0.05) is 11.6 Å². The summed E-state index contributed by atoms with van der Waals surface area (Å²) >= 11 is 0. The molecule has 0 bridgehead atoms. The van der Waals surface area contributed by atoms with Gasteiger partial charge < -0.3 is 14.4 Å². The second kappa shape index (κ2) is 9.31. The minimum atomic E-state index is -1.10. The summed E-state index contributed by atoms with van der Waals surface area (Å²) in [5.74, 6) is -0.623. The summed E-state index contributed by atoms with van der Waals surface area (Å²) in [5.41, 5.74) is 1.93. The van der Waals surface area contributed by atoms with Crippen LogP contribution in [-0.2, 0) is 9.53 Å². The van der Waals surface area contributed by atoms with Gasteiger partial charge in [0.1, 0.15) is 5.75 Å². The minimum Gasteiger partial charge on any atom is -0.497 e. The Morgan fingerprint density at radius 3 is 2.03 bits per heavy atom. The van der Waals surface area contributed by atoms with Crippen LogP contribution in [-0.4, -0.2) is 42.3 Å². The van der Waals surface area contributed by atoms with Crippen molar-refractivity contribution in [1.82, 2.24) is 4.90 Å². The SMILES string of the molecule is COc1ccc(C2=CC(=O)C(OC(=O)c3ccccc3)CN2C(=O)c2ccccc2)cc1. The Morgan fingerprint density at radius 2 is 1.44 bits per heavy atom. The van der Waals surface area contributed by atoms with E-state index in [-0.39, 0.29) is 18.2 Å². The van der Waals surface area contributed by atoms with Crippen molar-refractivity contribution in [2.24, 2.45) is 0 Å². The second-order valence-electron chi connectivity index (χ2n) is 7.20. The van der Waals surface area contributed by atoms with E-state index < -0.39 is 12.1 Å². The molecule has 0 N–H and O–H groups in total. The lowest BCUT2D eigenvalue weighted by atomic mass is 10.0. The van der Waals surface area contributed by atoms with E-state index in [0.717, 1.165) is 0 Å². The van der Waals surface area contributed by atoms with Gasteiger partial charge in [-0.2, -0.15) is 0 Å². The predicted molar refractivity (Wildman–Crippen MR) is 119 cm³/mol. The number of carbonyl (C=O) groups excluding carboxylic acids is 3. The van der Waals surface area contributed by atoms with Gasteiger partial charge in [-0.25, -0.2) is 4.79 Å². The molecule has 0 aromatic heterocycles. The minimum absolute atomic E-state index is 0.0804. The van der Waals surface area contributed by atoms with Crippen molar-refractivity contribution in [3.05, 3.63) is 108 Å². The lowest BCUT2D eigenvalue weighted by Gasteiger charge is -2.32. The van der Waals surface area contributed by atoms with E-state index in [1.54, 1.807) is 86.0 Å². The van der Waals surface area contributed by atoms with Gasteiger partial charge in [0.25, 0.3) is 5.91 Å². The van der Waals surface area contributed by atoms with Crippen LogP contribution in [0.25, 0.3) is 5.70 Å². The van der Waals surface area contributed by atoms with E-state index in [1.165, 1.54) is 11.0 Å². The standard InChI is InChI=1S/C26H21NO5/c1-31-21-14-12-18(13-15-21)22-16-23(28)24(32-26(30)20-10-6-3-7-11-20)17-27(22)25(29)19-8-4-2-5-9-19/h2-16,24H,17H2,1H3. The smallest absolute Gasteiger partial charge is 0.338 e. The Bertz CT molecular complexity index is 1150. The molecular formula is C26H21NO5. The quantitative estimate of drug-likeness (QED) is 0.576. The van der Waals surface area contributed by atoms with Gasteiger partial charge in [0.2, 0.25) is 0 Å². The van der Waals surface area contributed by atoms with Gasteiger partial charge in [0.15, 0.2) is 11.9 Å². The molecule has 1 heterocycles. The molecule has 32 heavy (non-hydrogen) atoms. The number of hydrogen-bond acceptors (Lipinski definition) is 5. The molecule has 0 spiro atoms. The first-order valence-electron chi connectivity index (χ1n) is 10.1. The molecule has 6 heteroatoms. The molecule has 1 unspecified atom stereocenters. The first-order chi connectivity index (χ1) is 15.6. The number of carbonyl (C=O) groups is 3. The maximum Gasteiger partial charge on any atom is 0.338 e. The Balaban J connectivity index is 1.67. The maximum absolute atomic E-state index is 13.3. The average Bonchev–Trinajstić information content (AvgIpc) is 2.85. The third kappa shape index (κ3) is 4.44. The fourth-order valence-electron chi connectivity index (χ4n) is 3.46. The number of ether oxygens (including phenoxy) is 2. The molecule has 1 atom stereocenters.